The summed E-state index contributed by atoms with van der Waals surface area (Å²) >= 11 is 1.48. The molecule has 0 aromatic heterocycles. The lowest BCUT2D eigenvalue weighted by Gasteiger charge is -2.34. The molecule has 0 aromatic rings. The molecule has 1 atom stereocenters. The fraction of sp³-hybridized carbons (Fsp3) is 0.786. The van der Waals surface area contributed by atoms with Gasteiger partial charge in [-0.05, 0) is 12.8 Å². The molecule has 0 aromatic carbocycles. The molecule has 0 bridgehead atoms. The van der Waals surface area contributed by atoms with E-state index in [-0.39, 0.29) is 23.7 Å². The number of carbonyl (C=O) groups is 3. The van der Waals surface area contributed by atoms with Gasteiger partial charge < -0.3 is 14.9 Å². The van der Waals surface area contributed by atoms with E-state index in [0.29, 0.717) is 37.6 Å². The van der Waals surface area contributed by atoms with Crippen LogP contribution in [0.3, 0.4) is 0 Å². The van der Waals surface area contributed by atoms with E-state index in [2.05, 4.69) is 0 Å². The molecule has 0 saturated carbocycles. The molecule has 2 aliphatic rings. The number of carboxylic acid groups (broad SMARTS) is 1. The zero-order valence-corrected chi connectivity index (χ0v) is 13.3. The third-order valence-electron chi connectivity index (χ3n) is 4.10. The van der Waals surface area contributed by atoms with Crippen molar-refractivity contribution in [1.82, 2.24) is 9.80 Å². The van der Waals surface area contributed by atoms with Crippen LogP contribution in [0, 0.1) is 11.8 Å². The number of likely N-dealkylation sites (tertiary alicyclic amines) is 1. The minimum absolute atomic E-state index is 0.0244. The van der Waals surface area contributed by atoms with Gasteiger partial charge in [0.15, 0.2) is 0 Å². The minimum Gasteiger partial charge on any atom is -0.480 e. The van der Waals surface area contributed by atoms with Crippen LogP contribution in [0.25, 0.3) is 0 Å². The lowest BCUT2D eigenvalue weighted by atomic mass is 9.94. The monoisotopic (exact) mass is 314 g/mol. The van der Waals surface area contributed by atoms with Crippen LogP contribution in [0.1, 0.15) is 26.7 Å². The maximum Gasteiger partial charge on any atom is 0.327 e. The molecule has 0 aliphatic carbocycles. The standard InChI is InChI=1S/C14H22N2O4S/c1-9(2)12(17)15-5-3-10(4-6-15)13(18)16-8-21-7-11(16)14(19)20/h9-11H,3-8H2,1-2H3,(H,19,20)/t11-/m0/s1. The number of carboxylic acids is 1. The SMILES string of the molecule is CC(C)C(=O)N1CCC(C(=O)N2CSC[C@H]2C(=O)O)CC1. The summed E-state index contributed by atoms with van der Waals surface area (Å²) in [5.41, 5.74) is 0. The highest BCUT2D eigenvalue weighted by molar-refractivity contribution is 7.99. The maximum atomic E-state index is 12.5. The zero-order chi connectivity index (χ0) is 15.6. The Morgan fingerprint density at radius 1 is 1.19 bits per heavy atom. The number of thioether (sulfide) groups is 1. The van der Waals surface area contributed by atoms with Crippen LogP contribution in [0.2, 0.25) is 0 Å². The van der Waals surface area contributed by atoms with Crippen molar-refractivity contribution in [2.24, 2.45) is 11.8 Å². The number of piperidine rings is 1. The van der Waals surface area contributed by atoms with Gasteiger partial charge in [-0.1, -0.05) is 13.8 Å². The molecule has 21 heavy (non-hydrogen) atoms. The van der Waals surface area contributed by atoms with E-state index in [1.807, 2.05) is 18.7 Å². The normalized spacial score (nSPS) is 23.7. The van der Waals surface area contributed by atoms with E-state index < -0.39 is 12.0 Å². The summed E-state index contributed by atoms with van der Waals surface area (Å²) < 4.78 is 0. The molecule has 2 rings (SSSR count). The van der Waals surface area contributed by atoms with E-state index >= 15 is 0 Å². The van der Waals surface area contributed by atoms with Gasteiger partial charge in [0.25, 0.3) is 0 Å². The van der Waals surface area contributed by atoms with Crippen LogP contribution in [0.4, 0.5) is 0 Å². The predicted octanol–water partition coefficient (Wildman–Crippen LogP) is 0.867. The molecule has 7 heteroatoms. The van der Waals surface area contributed by atoms with E-state index in [4.69, 9.17) is 5.11 Å². The number of rotatable bonds is 3. The van der Waals surface area contributed by atoms with Crippen molar-refractivity contribution in [3.05, 3.63) is 0 Å². The second-order valence-electron chi connectivity index (χ2n) is 5.92. The number of amides is 2. The van der Waals surface area contributed by atoms with E-state index in [1.165, 1.54) is 16.7 Å². The first-order valence-electron chi connectivity index (χ1n) is 7.31. The molecule has 1 N–H and O–H groups in total. The topological polar surface area (TPSA) is 77.9 Å². The van der Waals surface area contributed by atoms with Gasteiger partial charge in [-0.2, -0.15) is 0 Å². The fourth-order valence-corrected chi connectivity index (χ4v) is 3.97. The number of hydrogen-bond acceptors (Lipinski definition) is 4. The highest BCUT2D eigenvalue weighted by Crippen LogP contribution is 2.27. The largest absolute Gasteiger partial charge is 0.480 e. The average molecular weight is 314 g/mol. The van der Waals surface area contributed by atoms with Crippen LogP contribution in [-0.2, 0) is 14.4 Å². The molecule has 2 fully saturated rings. The first-order chi connectivity index (χ1) is 9.91. The van der Waals surface area contributed by atoms with Crippen LogP contribution in [0.5, 0.6) is 0 Å². The van der Waals surface area contributed by atoms with E-state index in [1.54, 1.807) is 0 Å². The molecule has 0 unspecified atom stereocenters. The maximum absolute atomic E-state index is 12.5. The number of nitrogens with zero attached hydrogens (tertiary/aromatic N) is 2. The molecule has 2 saturated heterocycles. The summed E-state index contributed by atoms with van der Waals surface area (Å²) in [5.74, 6) is -0.122. The van der Waals surface area contributed by atoms with Crippen molar-refractivity contribution in [1.29, 1.82) is 0 Å². The third-order valence-corrected chi connectivity index (χ3v) is 5.11. The Morgan fingerprint density at radius 3 is 2.33 bits per heavy atom. The Hall–Kier alpha value is -1.24. The Morgan fingerprint density at radius 2 is 1.81 bits per heavy atom. The summed E-state index contributed by atoms with van der Waals surface area (Å²) in [4.78, 5) is 38.8. The molecule has 0 spiro atoms. The summed E-state index contributed by atoms with van der Waals surface area (Å²) in [6, 6.07) is -0.696. The second kappa shape index (κ2) is 6.68. The van der Waals surface area contributed by atoms with Gasteiger partial charge in [0.05, 0.1) is 5.88 Å². The zero-order valence-electron chi connectivity index (χ0n) is 12.4. The number of hydrogen-bond donors (Lipinski definition) is 1. The van der Waals surface area contributed by atoms with Crippen LogP contribution in [-0.4, -0.2) is 63.5 Å². The van der Waals surface area contributed by atoms with Crippen LogP contribution >= 0.6 is 11.8 Å². The fourth-order valence-electron chi connectivity index (χ4n) is 2.81. The van der Waals surface area contributed by atoms with E-state index in [0.717, 1.165) is 0 Å². The Kier molecular flexibility index (Phi) is 5.13. The minimum atomic E-state index is -0.930. The lowest BCUT2D eigenvalue weighted by Crippen LogP contribution is -2.48. The molecular formula is C14H22N2O4S. The van der Waals surface area contributed by atoms with Gasteiger partial charge in [-0.3, -0.25) is 9.59 Å². The molecule has 2 aliphatic heterocycles. The van der Waals surface area contributed by atoms with Crippen LogP contribution in [0.15, 0.2) is 0 Å². The van der Waals surface area contributed by atoms with Crippen molar-refractivity contribution >= 4 is 29.5 Å². The van der Waals surface area contributed by atoms with Crippen LogP contribution < -0.4 is 0 Å². The van der Waals surface area contributed by atoms with Crippen molar-refractivity contribution in [2.75, 3.05) is 24.7 Å². The second-order valence-corrected chi connectivity index (χ2v) is 6.92. The van der Waals surface area contributed by atoms with Gasteiger partial charge in [0.2, 0.25) is 11.8 Å². The summed E-state index contributed by atoms with van der Waals surface area (Å²) in [7, 11) is 0. The van der Waals surface area contributed by atoms with Gasteiger partial charge in [0.1, 0.15) is 6.04 Å². The molecule has 2 heterocycles. The highest BCUT2D eigenvalue weighted by Gasteiger charge is 2.38. The van der Waals surface area contributed by atoms with Crippen molar-refractivity contribution in [3.63, 3.8) is 0 Å². The summed E-state index contributed by atoms with van der Waals surface area (Å²) in [6.07, 6.45) is 1.26. The Balaban J connectivity index is 1.91. The van der Waals surface area contributed by atoms with Gasteiger partial charge in [0, 0.05) is 30.7 Å². The first-order valence-corrected chi connectivity index (χ1v) is 8.47. The predicted molar refractivity (Wildman–Crippen MR) is 79.7 cm³/mol. The Bertz CT molecular complexity index is 433. The van der Waals surface area contributed by atoms with Gasteiger partial charge in [-0.15, -0.1) is 11.8 Å². The van der Waals surface area contributed by atoms with Crippen molar-refractivity contribution in [2.45, 2.75) is 32.7 Å². The average Bonchev–Trinajstić information content (AvgIpc) is 2.95. The number of aliphatic carboxylic acids is 1. The van der Waals surface area contributed by atoms with Crippen molar-refractivity contribution < 1.29 is 19.5 Å². The van der Waals surface area contributed by atoms with E-state index in [9.17, 15) is 14.4 Å². The molecule has 6 nitrogen and oxygen atoms in total. The quantitative estimate of drug-likeness (QED) is 0.836. The highest BCUT2D eigenvalue weighted by atomic mass is 32.2. The molecule has 118 valence electrons. The third kappa shape index (κ3) is 3.51. The first kappa shape index (κ1) is 16.1. The van der Waals surface area contributed by atoms with Gasteiger partial charge in [-0.25, -0.2) is 4.79 Å². The molecule has 0 radical (unpaired) electrons. The smallest absolute Gasteiger partial charge is 0.327 e. The Labute approximate surface area is 128 Å². The summed E-state index contributed by atoms with van der Waals surface area (Å²) in [5, 5.41) is 9.15. The molecular weight excluding hydrogens is 292 g/mol. The molecule has 2 amide bonds. The van der Waals surface area contributed by atoms with Crippen molar-refractivity contribution in [3.8, 4) is 0 Å². The number of carbonyl (C=O) groups excluding carboxylic acids is 2. The summed E-state index contributed by atoms with van der Waals surface area (Å²) in [6.45, 7) is 4.93. The van der Waals surface area contributed by atoms with Gasteiger partial charge >= 0.3 is 5.97 Å². The lowest BCUT2D eigenvalue weighted by molar-refractivity contribution is -0.150.